The Morgan fingerprint density at radius 2 is 1.21 bits per heavy atom. The van der Waals surface area contributed by atoms with E-state index in [2.05, 4.69) is 50.4 Å². The quantitative estimate of drug-likeness (QED) is 0.262. The van der Waals surface area contributed by atoms with Crippen LogP contribution in [0.1, 0.15) is 37.6 Å². The van der Waals surface area contributed by atoms with Gasteiger partial charge in [-0.1, -0.05) is 124 Å². The highest BCUT2D eigenvalue weighted by Gasteiger charge is 2.50. The third-order valence-corrected chi connectivity index (χ3v) is 12.0. The third-order valence-electron chi connectivity index (χ3n) is 7.00. The molecule has 2 N–H and O–H groups in total. The minimum absolute atomic E-state index is 0.146. The van der Waals surface area contributed by atoms with Gasteiger partial charge in [-0.2, -0.15) is 0 Å². The zero-order valence-electron chi connectivity index (χ0n) is 22.6. The lowest BCUT2D eigenvalue weighted by Gasteiger charge is -2.43. The Hall–Kier alpha value is -4.00. The van der Waals surface area contributed by atoms with Crippen molar-refractivity contribution in [1.82, 2.24) is 5.32 Å². The summed E-state index contributed by atoms with van der Waals surface area (Å²) in [5.74, 6) is -1.51. The highest BCUT2D eigenvalue weighted by atomic mass is 28.4. The van der Waals surface area contributed by atoms with Crippen molar-refractivity contribution in [1.29, 1.82) is 0 Å². The van der Waals surface area contributed by atoms with Gasteiger partial charge in [-0.15, -0.1) is 0 Å². The fourth-order valence-corrected chi connectivity index (χ4v) is 9.61. The second kappa shape index (κ2) is 12.2. The van der Waals surface area contributed by atoms with Crippen LogP contribution in [-0.2, 0) is 9.22 Å². The first-order valence-electron chi connectivity index (χ1n) is 13.2. The maximum atomic E-state index is 13.0. The number of benzene rings is 4. The Kier molecular flexibility index (Phi) is 8.79. The molecule has 5 nitrogen and oxygen atoms in total. The number of carboxylic acid groups (broad SMARTS) is 1. The smallest absolute Gasteiger partial charge is 0.326 e. The van der Waals surface area contributed by atoms with Crippen LogP contribution in [0.15, 0.2) is 115 Å². The van der Waals surface area contributed by atoms with Crippen molar-refractivity contribution >= 4 is 30.6 Å². The van der Waals surface area contributed by atoms with E-state index in [1.807, 2.05) is 78.9 Å². The number of amides is 1. The largest absolute Gasteiger partial charge is 0.480 e. The fourth-order valence-electron chi connectivity index (χ4n) is 5.04. The Bertz CT molecular complexity index is 1330. The zero-order chi connectivity index (χ0) is 27.9. The molecule has 0 aromatic heterocycles. The van der Waals surface area contributed by atoms with E-state index >= 15 is 0 Å². The fraction of sp³-hybridized carbons (Fsp3) is 0.212. The molecule has 0 heterocycles. The van der Waals surface area contributed by atoms with E-state index in [1.165, 1.54) is 0 Å². The Balaban J connectivity index is 1.51. The minimum Gasteiger partial charge on any atom is -0.480 e. The van der Waals surface area contributed by atoms with Gasteiger partial charge in [0.2, 0.25) is 0 Å². The molecule has 1 amide bonds. The molecule has 6 heteroatoms. The van der Waals surface area contributed by atoms with Gasteiger partial charge in [0, 0.05) is 18.6 Å². The minimum atomic E-state index is -2.80. The molecule has 0 aliphatic heterocycles. The van der Waals surface area contributed by atoms with E-state index in [9.17, 15) is 14.7 Å². The number of carbonyl (C=O) groups excluding carboxylic acids is 1. The molecule has 0 fully saturated rings. The molecule has 4 aromatic carbocycles. The van der Waals surface area contributed by atoms with Crippen LogP contribution in [0.25, 0.3) is 11.1 Å². The summed E-state index contributed by atoms with van der Waals surface area (Å²) in [5, 5.41) is 14.6. The molecule has 0 saturated carbocycles. The molecule has 0 spiro atoms. The van der Waals surface area contributed by atoms with Crippen molar-refractivity contribution in [3.05, 3.63) is 121 Å². The summed E-state index contributed by atoms with van der Waals surface area (Å²) in [4.78, 5) is 25.1. The van der Waals surface area contributed by atoms with Crippen molar-refractivity contribution in [3.63, 3.8) is 0 Å². The first kappa shape index (κ1) is 28.0. The zero-order valence-corrected chi connectivity index (χ0v) is 23.6. The van der Waals surface area contributed by atoms with Gasteiger partial charge < -0.3 is 14.8 Å². The summed E-state index contributed by atoms with van der Waals surface area (Å²) in [6.45, 7) is 6.72. The molecule has 0 aliphatic carbocycles. The predicted octanol–water partition coefficient (Wildman–Crippen LogP) is 5.50. The highest BCUT2D eigenvalue weighted by Crippen LogP contribution is 2.36. The summed E-state index contributed by atoms with van der Waals surface area (Å²) in [6.07, 6.45) is 0.146. The Morgan fingerprint density at radius 3 is 1.67 bits per heavy atom. The number of rotatable bonds is 10. The molecule has 0 aliphatic rings. The van der Waals surface area contributed by atoms with Crippen LogP contribution in [0.4, 0.5) is 0 Å². The predicted molar refractivity (Wildman–Crippen MR) is 159 cm³/mol. The SMILES string of the molecule is CC(C)(C)[Si](OCCC(NC(=O)c1ccc(-c2ccccc2)cc1)C(=O)O)(c1ccccc1)c1ccccc1. The second-order valence-corrected chi connectivity index (χ2v) is 14.9. The molecule has 200 valence electrons. The van der Waals surface area contributed by atoms with Crippen LogP contribution in [-0.4, -0.2) is 37.9 Å². The monoisotopic (exact) mass is 537 g/mol. The normalized spacial score (nSPS) is 12.5. The van der Waals surface area contributed by atoms with Crippen molar-refractivity contribution < 1.29 is 19.1 Å². The van der Waals surface area contributed by atoms with E-state index < -0.39 is 26.2 Å². The van der Waals surface area contributed by atoms with E-state index in [0.717, 1.165) is 21.5 Å². The van der Waals surface area contributed by atoms with E-state index in [1.54, 1.807) is 12.1 Å². The van der Waals surface area contributed by atoms with Crippen molar-refractivity contribution in [2.24, 2.45) is 0 Å². The summed E-state index contributed by atoms with van der Waals surface area (Å²) in [5.41, 5.74) is 2.45. The lowest BCUT2D eigenvalue weighted by atomic mass is 10.0. The van der Waals surface area contributed by atoms with Crippen LogP contribution in [0.2, 0.25) is 5.04 Å². The average molecular weight is 538 g/mol. The highest BCUT2D eigenvalue weighted by molar-refractivity contribution is 6.99. The molecule has 1 atom stereocenters. The lowest BCUT2D eigenvalue weighted by molar-refractivity contribution is -0.139. The number of hydrogen-bond donors (Lipinski definition) is 2. The molecule has 0 bridgehead atoms. The van der Waals surface area contributed by atoms with E-state index in [0.29, 0.717) is 5.56 Å². The van der Waals surface area contributed by atoms with E-state index in [4.69, 9.17) is 4.43 Å². The topological polar surface area (TPSA) is 75.6 Å². The molecule has 4 rings (SSSR count). The summed E-state index contributed by atoms with van der Waals surface area (Å²) in [7, 11) is -2.80. The van der Waals surface area contributed by atoms with Gasteiger partial charge in [0.1, 0.15) is 6.04 Å². The van der Waals surface area contributed by atoms with Gasteiger partial charge in [-0.05, 0) is 38.7 Å². The van der Waals surface area contributed by atoms with Crippen LogP contribution in [0, 0.1) is 0 Å². The van der Waals surface area contributed by atoms with Gasteiger partial charge in [-0.25, -0.2) is 4.79 Å². The first-order chi connectivity index (χ1) is 18.7. The number of nitrogens with one attached hydrogen (secondary N) is 1. The van der Waals surface area contributed by atoms with Gasteiger partial charge in [0.05, 0.1) is 0 Å². The van der Waals surface area contributed by atoms with Crippen LogP contribution in [0.3, 0.4) is 0 Å². The summed E-state index contributed by atoms with van der Waals surface area (Å²) in [6, 6.07) is 36.4. The van der Waals surface area contributed by atoms with Crippen molar-refractivity contribution in [2.75, 3.05) is 6.61 Å². The number of carbonyl (C=O) groups is 2. The third kappa shape index (κ3) is 6.36. The van der Waals surface area contributed by atoms with E-state index in [-0.39, 0.29) is 18.1 Å². The number of carboxylic acids is 1. The van der Waals surface area contributed by atoms with Gasteiger partial charge >= 0.3 is 5.97 Å². The number of aliphatic carboxylic acids is 1. The molecular formula is C33H35NO4Si. The Morgan fingerprint density at radius 1 is 0.744 bits per heavy atom. The molecular weight excluding hydrogens is 502 g/mol. The van der Waals surface area contributed by atoms with Gasteiger partial charge in [-0.3, -0.25) is 4.79 Å². The molecule has 4 aromatic rings. The van der Waals surface area contributed by atoms with Gasteiger partial charge in [0.15, 0.2) is 0 Å². The molecule has 39 heavy (non-hydrogen) atoms. The summed E-state index contributed by atoms with van der Waals surface area (Å²) >= 11 is 0. The molecule has 0 saturated heterocycles. The Labute approximate surface area is 231 Å². The first-order valence-corrected chi connectivity index (χ1v) is 15.1. The number of hydrogen-bond acceptors (Lipinski definition) is 3. The van der Waals surface area contributed by atoms with Crippen molar-refractivity contribution in [3.8, 4) is 11.1 Å². The lowest BCUT2D eigenvalue weighted by Crippen LogP contribution is -2.66. The maximum Gasteiger partial charge on any atom is 0.326 e. The van der Waals surface area contributed by atoms with Crippen LogP contribution in [0.5, 0.6) is 0 Å². The molecule has 1 unspecified atom stereocenters. The van der Waals surface area contributed by atoms with Crippen molar-refractivity contribution in [2.45, 2.75) is 38.3 Å². The standard InChI is InChI=1S/C33H35NO4Si/c1-33(2,3)39(28-15-9-5-10-16-28,29-17-11-6-12-18-29)38-24-23-30(32(36)37)34-31(35)27-21-19-26(20-22-27)25-13-7-4-8-14-25/h4-22,30H,23-24H2,1-3H3,(H,34,35)(H,36,37). The summed E-state index contributed by atoms with van der Waals surface area (Å²) < 4.78 is 6.82. The second-order valence-electron chi connectivity index (χ2n) is 10.6. The average Bonchev–Trinajstić information content (AvgIpc) is 2.95. The van der Waals surface area contributed by atoms with Gasteiger partial charge in [0.25, 0.3) is 14.2 Å². The molecule has 0 radical (unpaired) electrons. The maximum absolute atomic E-state index is 13.0. The van der Waals surface area contributed by atoms with Crippen LogP contribution < -0.4 is 15.7 Å². The van der Waals surface area contributed by atoms with Crippen LogP contribution >= 0.6 is 0 Å².